The molecule has 0 amide bonds. The minimum Gasteiger partial charge on any atom is -0.467 e. The Balaban J connectivity index is 2.06. The lowest BCUT2D eigenvalue weighted by molar-refractivity contribution is 0.503. The highest BCUT2D eigenvalue weighted by Gasteiger charge is 2.14. The molecule has 0 bridgehead atoms. The maximum atomic E-state index is 6.03. The van der Waals surface area contributed by atoms with Crippen LogP contribution in [0.1, 0.15) is 12.7 Å². The van der Waals surface area contributed by atoms with E-state index in [0.29, 0.717) is 6.54 Å². The van der Waals surface area contributed by atoms with Crippen LogP contribution in [0, 0.1) is 0 Å². The summed E-state index contributed by atoms with van der Waals surface area (Å²) < 4.78 is 5.41. The Morgan fingerprint density at radius 3 is 2.75 bits per heavy atom. The summed E-state index contributed by atoms with van der Waals surface area (Å²) in [6.07, 6.45) is 1.67. The van der Waals surface area contributed by atoms with Crippen molar-refractivity contribution in [2.75, 3.05) is 11.4 Å². The number of fused-ring (bicyclic) bond motifs is 1. The number of furan rings is 1. The number of nitrogens with zero attached hydrogens (tertiary/aromatic N) is 3. The third-order valence-electron chi connectivity index (χ3n) is 3.16. The summed E-state index contributed by atoms with van der Waals surface area (Å²) in [4.78, 5) is 10.8. The van der Waals surface area contributed by atoms with E-state index in [-0.39, 0.29) is 5.28 Å². The summed E-state index contributed by atoms with van der Waals surface area (Å²) in [6.45, 7) is 3.53. The molecule has 20 heavy (non-hydrogen) atoms. The molecule has 0 fully saturated rings. The fourth-order valence-electron chi connectivity index (χ4n) is 2.20. The van der Waals surface area contributed by atoms with Crippen LogP contribution in [0.2, 0.25) is 5.28 Å². The van der Waals surface area contributed by atoms with Gasteiger partial charge < -0.3 is 9.32 Å². The highest BCUT2D eigenvalue weighted by molar-refractivity contribution is 6.28. The Morgan fingerprint density at radius 1 is 1.15 bits per heavy atom. The lowest BCUT2D eigenvalue weighted by Crippen LogP contribution is -2.23. The van der Waals surface area contributed by atoms with Crippen LogP contribution in [0.25, 0.3) is 10.9 Å². The molecule has 3 aromatic rings. The number of hydrogen-bond acceptors (Lipinski definition) is 4. The molecule has 2 aromatic heterocycles. The number of para-hydroxylation sites is 1. The van der Waals surface area contributed by atoms with Crippen molar-refractivity contribution < 1.29 is 4.42 Å². The Kier molecular flexibility index (Phi) is 3.56. The van der Waals surface area contributed by atoms with Crippen LogP contribution < -0.4 is 4.90 Å². The zero-order chi connectivity index (χ0) is 13.9. The zero-order valence-corrected chi connectivity index (χ0v) is 11.8. The van der Waals surface area contributed by atoms with Crippen LogP contribution in [0.3, 0.4) is 0 Å². The molecule has 2 heterocycles. The van der Waals surface area contributed by atoms with Crippen LogP contribution in [-0.4, -0.2) is 16.5 Å². The predicted octanol–water partition coefficient (Wildman–Crippen LogP) is 3.90. The Bertz CT molecular complexity index is 712. The van der Waals surface area contributed by atoms with Crippen molar-refractivity contribution in [3.8, 4) is 0 Å². The Hall–Kier alpha value is -2.07. The summed E-state index contributed by atoms with van der Waals surface area (Å²) >= 11 is 6.03. The van der Waals surface area contributed by atoms with Crippen LogP contribution in [-0.2, 0) is 6.54 Å². The third-order valence-corrected chi connectivity index (χ3v) is 3.33. The molecular formula is C15H14ClN3O. The largest absolute Gasteiger partial charge is 0.467 e. The van der Waals surface area contributed by atoms with Crippen molar-refractivity contribution >= 4 is 28.3 Å². The van der Waals surface area contributed by atoms with E-state index in [1.54, 1.807) is 6.26 Å². The van der Waals surface area contributed by atoms with Crippen molar-refractivity contribution in [2.24, 2.45) is 0 Å². The van der Waals surface area contributed by atoms with E-state index in [9.17, 15) is 0 Å². The second-order valence-corrected chi connectivity index (χ2v) is 4.76. The molecule has 0 N–H and O–H groups in total. The molecule has 0 spiro atoms. The molecule has 1 aromatic carbocycles. The molecule has 102 valence electrons. The van der Waals surface area contributed by atoms with E-state index in [1.807, 2.05) is 36.4 Å². The second-order valence-electron chi connectivity index (χ2n) is 4.43. The first-order valence-corrected chi connectivity index (χ1v) is 6.85. The van der Waals surface area contributed by atoms with Gasteiger partial charge in [-0.25, -0.2) is 4.98 Å². The van der Waals surface area contributed by atoms with Gasteiger partial charge in [0.05, 0.1) is 18.3 Å². The number of aromatic nitrogens is 2. The van der Waals surface area contributed by atoms with Crippen molar-refractivity contribution in [2.45, 2.75) is 13.5 Å². The predicted molar refractivity (Wildman–Crippen MR) is 80.0 cm³/mol. The van der Waals surface area contributed by atoms with Crippen LogP contribution in [0.15, 0.2) is 47.1 Å². The van der Waals surface area contributed by atoms with Crippen LogP contribution in [0.4, 0.5) is 5.82 Å². The van der Waals surface area contributed by atoms with Gasteiger partial charge in [-0.05, 0) is 42.8 Å². The highest BCUT2D eigenvalue weighted by atomic mass is 35.5. The van der Waals surface area contributed by atoms with Crippen molar-refractivity contribution in [1.82, 2.24) is 9.97 Å². The normalized spacial score (nSPS) is 10.9. The van der Waals surface area contributed by atoms with Gasteiger partial charge in [0, 0.05) is 11.9 Å². The zero-order valence-electron chi connectivity index (χ0n) is 11.1. The lowest BCUT2D eigenvalue weighted by atomic mass is 10.2. The van der Waals surface area contributed by atoms with Crippen molar-refractivity contribution in [3.05, 3.63) is 53.7 Å². The van der Waals surface area contributed by atoms with Gasteiger partial charge in [0.15, 0.2) is 0 Å². The van der Waals surface area contributed by atoms with Gasteiger partial charge in [-0.3, -0.25) is 0 Å². The SMILES string of the molecule is CCN(Cc1ccco1)c1nc(Cl)nc2ccccc12. The van der Waals surface area contributed by atoms with Gasteiger partial charge >= 0.3 is 0 Å². The summed E-state index contributed by atoms with van der Waals surface area (Å²) in [6, 6.07) is 11.7. The molecule has 5 heteroatoms. The van der Waals surface area contributed by atoms with Gasteiger partial charge in [0.1, 0.15) is 11.6 Å². The van der Waals surface area contributed by atoms with E-state index in [4.69, 9.17) is 16.0 Å². The first-order valence-electron chi connectivity index (χ1n) is 6.47. The van der Waals surface area contributed by atoms with Gasteiger partial charge in [-0.15, -0.1) is 0 Å². The first kappa shape index (κ1) is 12.9. The fraction of sp³-hybridized carbons (Fsp3) is 0.200. The molecule has 3 rings (SSSR count). The molecule has 0 aliphatic rings. The first-order chi connectivity index (χ1) is 9.78. The number of benzene rings is 1. The molecule has 0 saturated heterocycles. The van der Waals surface area contributed by atoms with Crippen LogP contribution >= 0.6 is 11.6 Å². The average Bonchev–Trinajstić information content (AvgIpc) is 2.97. The number of anilines is 1. The minimum absolute atomic E-state index is 0.261. The number of hydrogen-bond donors (Lipinski definition) is 0. The standard InChI is InChI=1S/C15H14ClN3O/c1-2-19(10-11-6-5-9-20-11)14-12-7-3-4-8-13(12)17-15(16)18-14/h3-9H,2,10H2,1H3. The monoisotopic (exact) mass is 287 g/mol. The average molecular weight is 288 g/mol. The van der Waals surface area contributed by atoms with E-state index in [2.05, 4.69) is 21.8 Å². The van der Waals surface area contributed by atoms with Gasteiger partial charge in [-0.2, -0.15) is 4.98 Å². The summed E-state index contributed by atoms with van der Waals surface area (Å²) in [5, 5.41) is 1.25. The van der Waals surface area contributed by atoms with E-state index in [0.717, 1.165) is 29.0 Å². The van der Waals surface area contributed by atoms with Gasteiger partial charge in [-0.1, -0.05) is 12.1 Å². The van der Waals surface area contributed by atoms with Crippen molar-refractivity contribution in [3.63, 3.8) is 0 Å². The lowest BCUT2D eigenvalue weighted by Gasteiger charge is -2.22. The van der Waals surface area contributed by atoms with E-state index < -0.39 is 0 Å². The Morgan fingerprint density at radius 2 is 2.00 bits per heavy atom. The molecule has 0 aliphatic heterocycles. The topological polar surface area (TPSA) is 42.2 Å². The quantitative estimate of drug-likeness (QED) is 0.683. The molecule has 0 unspecified atom stereocenters. The second kappa shape index (κ2) is 5.51. The number of halogens is 1. The molecule has 4 nitrogen and oxygen atoms in total. The molecule has 0 aliphatic carbocycles. The minimum atomic E-state index is 0.261. The molecular weight excluding hydrogens is 274 g/mol. The molecule has 0 saturated carbocycles. The van der Waals surface area contributed by atoms with Crippen LogP contribution in [0.5, 0.6) is 0 Å². The Labute approximate surface area is 122 Å². The van der Waals surface area contributed by atoms with E-state index in [1.165, 1.54) is 0 Å². The maximum absolute atomic E-state index is 6.03. The smallest absolute Gasteiger partial charge is 0.224 e. The molecule has 0 radical (unpaired) electrons. The maximum Gasteiger partial charge on any atom is 0.224 e. The highest BCUT2D eigenvalue weighted by Crippen LogP contribution is 2.26. The molecule has 0 atom stereocenters. The van der Waals surface area contributed by atoms with E-state index >= 15 is 0 Å². The third kappa shape index (κ3) is 2.47. The summed E-state index contributed by atoms with van der Waals surface area (Å²) in [5.74, 6) is 1.73. The summed E-state index contributed by atoms with van der Waals surface area (Å²) in [7, 11) is 0. The van der Waals surface area contributed by atoms with Gasteiger partial charge in [0.25, 0.3) is 0 Å². The van der Waals surface area contributed by atoms with Crippen molar-refractivity contribution in [1.29, 1.82) is 0 Å². The fourth-order valence-corrected chi connectivity index (χ4v) is 2.37. The van der Waals surface area contributed by atoms with Gasteiger partial charge in [0.2, 0.25) is 5.28 Å². The summed E-state index contributed by atoms with van der Waals surface area (Å²) in [5.41, 5.74) is 0.848. The number of rotatable bonds is 4.